The third-order valence-electron chi connectivity index (χ3n) is 2.69. The minimum absolute atomic E-state index is 0.0222. The van der Waals surface area contributed by atoms with E-state index in [0.29, 0.717) is 19.3 Å². The molecule has 0 aliphatic carbocycles. The van der Waals surface area contributed by atoms with Crippen LogP contribution in [-0.2, 0) is 4.79 Å². The number of anilines is 1. The summed E-state index contributed by atoms with van der Waals surface area (Å²) >= 11 is 11.6. The predicted molar refractivity (Wildman–Crippen MR) is 68.1 cm³/mol. The molecule has 1 aliphatic heterocycles. The molecule has 7 heteroatoms. The number of rotatable bonds is 3. The molecule has 2 heterocycles. The van der Waals surface area contributed by atoms with Crippen LogP contribution in [-0.4, -0.2) is 28.7 Å². The first-order chi connectivity index (χ1) is 8.56. The van der Waals surface area contributed by atoms with E-state index in [1.54, 1.807) is 6.08 Å². The Hall–Kier alpha value is -1.46. The van der Waals surface area contributed by atoms with Crippen LogP contribution in [0.5, 0.6) is 0 Å². The standard InChI is InChI=1S/C11H9Cl2N3O2/c1-2-6-3-8(18)16(4-6)11-14-9(12)7(5-17)10(13)15-11/h2,5-6H,1,3-4H2. The Morgan fingerprint density at radius 2 is 1.94 bits per heavy atom. The smallest absolute Gasteiger partial charge is 0.235 e. The van der Waals surface area contributed by atoms with E-state index in [0.717, 1.165) is 0 Å². The first-order valence-corrected chi connectivity index (χ1v) is 5.93. The summed E-state index contributed by atoms with van der Waals surface area (Å²) in [5.41, 5.74) is 0.0222. The van der Waals surface area contributed by atoms with E-state index in [-0.39, 0.29) is 33.6 Å². The van der Waals surface area contributed by atoms with Crippen molar-refractivity contribution in [3.63, 3.8) is 0 Å². The second-order valence-corrected chi connectivity index (χ2v) is 4.56. The second-order valence-electron chi connectivity index (χ2n) is 3.84. The van der Waals surface area contributed by atoms with Crippen molar-refractivity contribution in [3.05, 3.63) is 28.5 Å². The number of carbonyl (C=O) groups is 2. The van der Waals surface area contributed by atoms with E-state index in [1.165, 1.54) is 4.90 Å². The number of carbonyl (C=O) groups excluding carboxylic acids is 2. The zero-order chi connectivity index (χ0) is 13.3. The van der Waals surface area contributed by atoms with Crippen molar-refractivity contribution in [3.8, 4) is 0 Å². The first-order valence-electron chi connectivity index (χ1n) is 5.18. The molecule has 1 saturated heterocycles. The molecule has 0 N–H and O–H groups in total. The van der Waals surface area contributed by atoms with Gasteiger partial charge in [-0.15, -0.1) is 6.58 Å². The zero-order valence-corrected chi connectivity index (χ0v) is 10.8. The van der Waals surface area contributed by atoms with E-state index in [4.69, 9.17) is 23.2 Å². The van der Waals surface area contributed by atoms with Crippen LogP contribution >= 0.6 is 23.2 Å². The van der Waals surface area contributed by atoms with Crippen LogP contribution in [0.3, 0.4) is 0 Å². The fourth-order valence-electron chi connectivity index (χ4n) is 1.71. The fraction of sp³-hybridized carbons (Fsp3) is 0.273. The SMILES string of the molecule is C=CC1CC(=O)N(c2nc(Cl)c(C=O)c(Cl)n2)C1. The zero-order valence-electron chi connectivity index (χ0n) is 9.27. The molecule has 1 fully saturated rings. The Morgan fingerprint density at radius 3 is 2.39 bits per heavy atom. The van der Waals surface area contributed by atoms with Crippen molar-refractivity contribution in [1.29, 1.82) is 0 Å². The lowest BCUT2D eigenvalue weighted by atomic mass is 10.1. The normalized spacial score (nSPS) is 19.1. The minimum atomic E-state index is -0.120. The van der Waals surface area contributed by atoms with Crippen molar-refractivity contribution in [1.82, 2.24) is 9.97 Å². The lowest BCUT2D eigenvalue weighted by molar-refractivity contribution is -0.117. The molecule has 5 nitrogen and oxygen atoms in total. The van der Waals surface area contributed by atoms with Crippen molar-refractivity contribution >= 4 is 41.3 Å². The molecule has 1 atom stereocenters. The number of aromatic nitrogens is 2. The third kappa shape index (κ3) is 2.23. The van der Waals surface area contributed by atoms with Gasteiger partial charge in [-0.25, -0.2) is 0 Å². The van der Waals surface area contributed by atoms with Gasteiger partial charge in [0.15, 0.2) is 6.29 Å². The highest BCUT2D eigenvalue weighted by Crippen LogP contribution is 2.27. The molecule has 1 amide bonds. The Kier molecular flexibility index (Phi) is 3.63. The monoisotopic (exact) mass is 285 g/mol. The van der Waals surface area contributed by atoms with Gasteiger partial charge in [0, 0.05) is 18.9 Å². The molecule has 1 aliphatic rings. The van der Waals surface area contributed by atoms with Gasteiger partial charge in [-0.1, -0.05) is 29.3 Å². The molecule has 94 valence electrons. The molecular weight excluding hydrogens is 277 g/mol. The molecule has 1 aromatic heterocycles. The summed E-state index contributed by atoms with van der Waals surface area (Å²) in [6, 6.07) is 0. The molecular formula is C11H9Cl2N3O2. The van der Waals surface area contributed by atoms with Gasteiger partial charge in [-0.2, -0.15) is 9.97 Å². The van der Waals surface area contributed by atoms with Gasteiger partial charge in [0.1, 0.15) is 10.3 Å². The van der Waals surface area contributed by atoms with Gasteiger partial charge in [-0.05, 0) is 0 Å². The van der Waals surface area contributed by atoms with Crippen molar-refractivity contribution in [2.75, 3.05) is 11.4 Å². The van der Waals surface area contributed by atoms with Crippen molar-refractivity contribution in [2.24, 2.45) is 5.92 Å². The average molecular weight is 286 g/mol. The summed E-state index contributed by atoms with van der Waals surface area (Å²) in [5.74, 6) is 0.0558. The number of amides is 1. The highest BCUT2D eigenvalue weighted by atomic mass is 35.5. The quantitative estimate of drug-likeness (QED) is 0.485. The van der Waals surface area contributed by atoms with Crippen LogP contribution in [0.15, 0.2) is 12.7 Å². The van der Waals surface area contributed by atoms with Gasteiger partial charge in [-0.3, -0.25) is 14.5 Å². The van der Waals surface area contributed by atoms with Crippen LogP contribution < -0.4 is 4.90 Å². The molecule has 18 heavy (non-hydrogen) atoms. The van der Waals surface area contributed by atoms with Crippen LogP contribution in [0.25, 0.3) is 0 Å². The Morgan fingerprint density at radius 1 is 1.33 bits per heavy atom. The first kappa shape index (κ1) is 13.0. The number of halogens is 2. The maximum absolute atomic E-state index is 11.8. The summed E-state index contributed by atoms with van der Waals surface area (Å²) in [5, 5.41) is -0.121. The predicted octanol–water partition coefficient (Wildman–Crippen LogP) is 2.13. The Labute approximate surface area is 113 Å². The van der Waals surface area contributed by atoms with E-state index in [1.807, 2.05) is 0 Å². The molecule has 0 saturated carbocycles. The molecule has 0 radical (unpaired) electrons. The van der Waals surface area contributed by atoms with Crippen LogP contribution in [0.4, 0.5) is 5.95 Å². The average Bonchev–Trinajstić information content (AvgIpc) is 2.70. The van der Waals surface area contributed by atoms with Gasteiger partial charge in [0.25, 0.3) is 0 Å². The number of hydrogen-bond acceptors (Lipinski definition) is 4. The highest BCUT2D eigenvalue weighted by Gasteiger charge is 2.31. The highest BCUT2D eigenvalue weighted by molar-refractivity contribution is 6.37. The number of aldehydes is 1. The largest absolute Gasteiger partial charge is 0.298 e. The van der Waals surface area contributed by atoms with Crippen LogP contribution in [0.2, 0.25) is 10.3 Å². The topological polar surface area (TPSA) is 63.2 Å². The maximum Gasteiger partial charge on any atom is 0.235 e. The van der Waals surface area contributed by atoms with Gasteiger partial charge < -0.3 is 0 Å². The van der Waals surface area contributed by atoms with E-state index < -0.39 is 0 Å². The minimum Gasteiger partial charge on any atom is -0.298 e. The van der Waals surface area contributed by atoms with E-state index in [2.05, 4.69) is 16.5 Å². The molecule has 0 spiro atoms. The van der Waals surface area contributed by atoms with Crippen LogP contribution in [0.1, 0.15) is 16.8 Å². The number of hydrogen-bond donors (Lipinski definition) is 0. The molecule has 1 unspecified atom stereocenters. The van der Waals surface area contributed by atoms with E-state index >= 15 is 0 Å². The summed E-state index contributed by atoms with van der Waals surface area (Å²) in [7, 11) is 0. The summed E-state index contributed by atoms with van der Waals surface area (Å²) in [6.07, 6.45) is 2.55. The van der Waals surface area contributed by atoms with Gasteiger partial charge >= 0.3 is 0 Å². The van der Waals surface area contributed by atoms with Crippen molar-refractivity contribution in [2.45, 2.75) is 6.42 Å². The molecule has 2 rings (SSSR count). The molecule has 0 aromatic carbocycles. The van der Waals surface area contributed by atoms with E-state index in [9.17, 15) is 9.59 Å². The summed E-state index contributed by atoms with van der Waals surface area (Å²) in [6.45, 7) is 4.09. The summed E-state index contributed by atoms with van der Waals surface area (Å²) < 4.78 is 0. The Bertz CT molecular complexity index is 510. The Balaban J connectivity index is 2.38. The number of nitrogens with zero attached hydrogens (tertiary/aromatic N) is 3. The molecule has 1 aromatic rings. The fourth-order valence-corrected chi connectivity index (χ4v) is 2.18. The lowest BCUT2D eigenvalue weighted by Gasteiger charge is -2.14. The second kappa shape index (κ2) is 5.04. The molecule has 0 bridgehead atoms. The van der Waals surface area contributed by atoms with Gasteiger partial charge in [0.2, 0.25) is 11.9 Å². The summed E-state index contributed by atoms with van der Waals surface area (Å²) in [4.78, 5) is 31.7. The van der Waals surface area contributed by atoms with Gasteiger partial charge in [0.05, 0.1) is 5.56 Å². The van der Waals surface area contributed by atoms with Crippen LogP contribution in [0, 0.1) is 5.92 Å². The maximum atomic E-state index is 11.8. The lowest BCUT2D eigenvalue weighted by Crippen LogP contribution is -2.26. The third-order valence-corrected chi connectivity index (χ3v) is 3.26. The van der Waals surface area contributed by atoms with Crippen molar-refractivity contribution < 1.29 is 9.59 Å².